The van der Waals surface area contributed by atoms with E-state index in [4.69, 9.17) is 11.6 Å². The van der Waals surface area contributed by atoms with Gasteiger partial charge in [0.25, 0.3) is 10.0 Å². The number of carbonyl (C=O) groups excluding carboxylic acids is 2. The van der Waals surface area contributed by atoms with Crippen molar-refractivity contribution in [2.75, 3.05) is 10.8 Å². The highest BCUT2D eigenvalue weighted by atomic mass is 35.5. The Morgan fingerprint density at radius 2 is 1.55 bits per heavy atom. The third-order valence-electron chi connectivity index (χ3n) is 6.19. The lowest BCUT2D eigenvalue weighted by Gasteiger charge is -2.32. The second-order valence-corrected chi connectivity index (χ2v) is 11.2. The van der Waals surface area contributed by atoms with Crippen LogP contribution in [0.4, 0.5) is 10.1 Å². The standard InChI is InChI=1S/C28H31ClFN3O4S/c1-4-20(2)31-28(35)21(3)32(18-22-10-8-9-13-26(22)30)27(34)19-33(24-11-6-5-7-12-24)38(36,37)25-16-14-23(29)15-17-25/h5-17,20-21H,4,18-19H2,1-3H3,(H,31,35)/t20-,21-/m1/s1. The van der Waals surface area contributed by atoms with E-state index in [1.807, 2.05) is 13.8 Å². The van der Waals surface area contributed by atoms with Gasteiger partial charge in [-0.2, -0.15) is 0 Å². The summed E-state index contributed by atoms with van der Waals surface area (Å²) in [6.07, 6.45) is 0.681. The van der Waals surface area contributed by atoms with Crippen LogP contribution < -0.4 is 9.62 Å². The van der Waals surface area contributed by atoms with E-state index in [0.717, 1.165) is 4.31 Å². The predicted octanol–water partition coefficient (Wildman–Crippen LogP) is 5.01. The van der Waals surface area contributed by atoms with Gasteiger partial charge in [-0.05, 0) is 62.7 Å². The van der Waals surface area contributed by atoms with Crippen molar-refractivity contribution in [3.05, 3.63) is 95.3 Å². The first kappa shape index (κ1) is 29.1. The second-order valence-electron chi connectivity index (χ2n) is 8.91. The van der Waals surface area contributed by atoms with Crippen molar-refractivity contribution in [1.29, 1.82) is 0 Å². The van der Waals surface area contributed by atoms with Gasteiger partial charge in [0.1, 0.15) is 18.4 Å². The van der Waals surface area contributed by atoms with Crippen LogP contribution in [0.3, 0.4) is 0 Å². The highest BCUT2D eigenvalue weighted by molar-refractivity contribution is 7.92. The average molecular weight is 560 g/mol. The number of nitrogens with one attached hydrogen (secondary N) is 1. The molecule has 3 aromatic rings. The van der Waals surface area contributed by atoms with E-state index >= 15 is 0 Å². The maximum absolute atomic E-state index is 14.6. The fourth-order valence-corrected chi connectivity index (χ4v) is 5.26. The van der Waals surface area contributed by atoms with E-state index in [1.54, 1.807) is 36.4 Å². The molecule has 1 N–H and O–H groups in total. The van der Waals surface area contributed by atoms with Crippen LogP contribution in [-0.2, 0) is 26.2 Å². The summed E-state index contributed by atoms with van der Waals surface area (Å²) in [4.78, 5) is 27.9. The molecule has 0 saturated heterocycles. The van der Waals surface area contributed by atoms with E-state index in [-0.39, 0.29) is 28.7 Å². The van der Waals surface area contributed by atoms with Crippen molar-refractivity contribution in [3.63, 3.8) is 0 Å². The van der Waals surface area contributed by atoms with Gasteiger partial charge in [0.15, 0.2) is 0 Å². The van der Waals surface area contributed by atoms with Gasteiger partial charge in [0, 0.05) is 23.2 Å². The molecule has 0 aromatic heterocycles. The molecule has 0 unspecified atom stereocenters. The number of halogens is 2. The zero-order chi connectivity index (χ0) is 27.9. The van der Waals surface area contributed by atoms with Crippen LogP contribution in [0, 0.1) is 5.82 Å². The van der Waals surface area contributed by atoms with Crippen LogP contribution in [-0.4, -0.2) is 43.8 Å². The van der Waals surface area contributed by atoms with Crippen molar-refractivity contribution >= 4 is 39.1 Å². The molecule has 10 heteroatoms. The van der Waals surface area contributed by atoms with Crippen LogP contribution in [0.1, 0.15) is 32.8 Å². The summed E-state index contributed by atoms with van der Waals surface area (Å²) in [5.41, 5.74) is 0.467. The molecule has 2 atom stereocenters. The number of carbonyl (C=O) groups is 2. The second kappa shape index (κ2) is 12.9. The third-order valence-corrected chi connectivity index (χ3v) is 8.23. The summed E-state index contributed by atoms with van der Waals surface area (Å²) in [5, 5.41) is 3.20. The van der Waals surface area contributed by atoms with Gasteiger partial charge in [-0.25, -0.2) is 12.8 Å². The molecule has 0 spiro atoms. The van der Waals surface area contributed by atoms with Gasteiger partial charge in [0.2, 0.25) is 11.8 Å². The van der Waals surface area contributed by atoms with E-state index in [2.05, 4.69) is 5.32 Å². The molecule has 0 aliphatic heterocycles. The Balaban J connectivity index is 2.01. The Morgan fingerprint density at radius 1 is 0.947 bits per heavy atom. The largest absolute Gasteiger partial charge is 0.352 e. The lowest BCUT2D eigenvalue weighted by Crippen LogP contribution is -2.52. The fraction of sp³-hybridized carbons (Fsp3) is 0.286. The summed E-state index contributed by atoms with van der Waals surface area (Å²) in [5.74, 6) is -1.62. The molecule has 38 heavy (non-hydrogen) atoms. The van der Waals surface area contributed by atoms with Crippen LogP contribution in [0.5, 0.6) is 0 Å². The van der Waals surface area contributed by atoms with Gasteiger partial charge in [-0.3, -0.25) is 13.9 Å². The Kier molecular flexibility index (Phi) is 9.88. The monoisotopic (exact) mass is 559 g/mol. The molecular weight excluding hydrogens is 529 g/mol. The zero-order valence-corrected chi connectivity index (χ0v) is 23.0. The van der Waals surface area contributed by atoms with Crippen LogP contribution in [0.25, 0.3) is 0 Å². The Morgan fingerprint density at radius 3 is 2.16 bits per heavy atom. The van der Waals surface area contributed by atoms with E-state index < -0.39 is 40.2 Å². The molecule has 0 fully saturated rings. The lowest BCUT2D eigenvalue weighted by molar-refractivity contribution is -0.139. The quantitative estimate of drug-likeness (QED) is 0.358. The molecule has 0 aliphatic rings. The number of para-hydroxylation sites is 1. The van der Waals surface area contributed by atoms with Crippen molar-refractivity contribution in [1.82, 2.24) is 10.2 Å². The maximum Gasteiger partial charge on any atom is 0.264 e. The molecular formula is C28H31ClFN3O4S. The first-order valence-corrected chi connectivity index (χ1v) is 14.0. The average Bonchev–Trinajstić information content (AvgIpc) is 2.91. The molecule has 7 nitrogen and oxygen atoms in total. The molecule has 0 saturated carbocycles. The smallest absolute Gasteiger partial charge is 0.264 e. The molecule has 3 aromatic carbocycles. The number of amides is 2. The SMILES string of the molecule is CC[C@@H](C)NC(=O)[C@@H](C)N(Cc1ccccc1F)C(=O)CN(c1ccccc1)S(=O)(=O)c1ccc(Cl)cc1. The zero-order valence-electron chi connectivity index (χ0n) is 21.5. The summed E-state index contributed by atoms with van der Waals surface area (Å²) in [6.45, 7) is 4.46. The number of nitrogens with zero attached hydrogens (tertiary/aromatic N) is 2. The number of sulfonamides is 1. The summed E-state index contributed by atoms with van der Waals surface area (Å²) < 4.78 is 42.9. The lowest BCUT2D eigenvalue weighted by atomic mass is 10.1. The molecule has 2 amide bonds. The Labute approximate surface area is 228 Å². The van der Waals surface area contributed by atoms with Crippen molar-refractivity contribution in [2.24, 2.45) is 0 Å². The number of hydrogen-bond acceptors (Lipinski definition) is 4. The van der Waals surface area contributed by atoms with E-state index in [0.29, 0.717) is 11.4 Å². The molecule has 0 heterocycles. The minimum Gasteiger partial charge on any atom is -0.352 e. The van der Waals surface area contributed by atoms with Crippen molar-refractivity contribution < 1.29 is 22.4 Å². The van der Waals surface area contributed by atoms with Gasteiger partial charge < -0.3 is 10.2 Å². The number of rotatable bonds is 11. The van der Waals surface area contributed by atoms with Crippen LogP contribution in [0.15, 0.2) is 83.8 Å². The number of anilines is 1. The summed E-state index contributed by atoms with van der Waals surface area (Å²) in [6, 6.07) is 18.6. The Hall–Kier alpha value is -3.43. The minimum absolute atomic E-state index is 0.0539. The Bertz CT molecular complexity index is 1350. The minimum atomic E-state index is -4.20. The van der Waals surface area contributed by atoms with E-state index in [1.165, 1.54) is 54.3 Å². The summed E-state index contributed by atoms with van der Waals surface area (Å²) >= 11 is 5.95. The van der Waals surface area contributed by atoms with E-state index in [9.17, 15) is 22.4 Å². The highest BCUT2D eigenvalue weighted by Crippen LogP contribution is 2.25. The molecule has 0 radical (unpaired) electrons. The van der Waals surface area contributed by atoms with Crippen molar-refractivity contribution in [2.45, 2.75) is 50.7 Å². The topological polar surface area (TPSA) is 86.8 Å². The van der Waals surface area contributed by atoms with Gasteiger partial charge >= 0.3 is 0 Å². The number of benzene rings is 3. The summed E-state index contributed by atoms with van der Waals surface area (Å²) in [7, 11) is -4.20. The molecule has 3 rings (SSSR count). The van der Waals surface area contributed by atoms with Gasteiger partial charge in [0.05, 0.1) is 10.6 Å². The molecule has 202 valence electrons. The first-order chi connectivity index (χ1) is 18.0. The fourth-order valence-electron chi connectivity index (χ4n) is 3.72. The molecule has 0 bridgehead atoms. The van der Waals surface area contributed by atoms with Gasteiger partial charge in [-0.1, -0.05) is 54.9 Å². The highest BCUT2D eigenvalue weighted by Gasteiger charge is 2.33. The predicted molar refractivity (Wildman–Crippen MR) is 147 cm³/mol. The van der Waals surface area contributed by atoms with Crippen LogP contribution >= 0.6 is 11.6 Å². The number of hydrogen-bond donors (Lipinski definition) is 1. The first-order valence-electron chi connectivity index (χ1n) is 12.2. The normalized spacial score (nSPS) is 12.9. The third kappa shape index (κ3) is 7.11. The van der Waals surface area contributed by atoms with Crippen molar-refractivity contribution in [3.8, 4) is 0 Å². The molecule has 0 aliphatic carbocycles. The van der Waals surface area contributed by atoms with Crippen LogP contribution in [0.2, 0.25) is 5.02 Å². The van der Waals surface area contributed by atoms with Gasteiger partial charge in [-0.15, -0.1) is 0 Å². The maximum atomic E-state index is 14.6.